The molecule has 0 amide bonds. The zero-order valence-electron chi connectivity index (χ0n) is 10.6. The second-order valence-corrected chi connectivity index (χ2v) is 5.94. The number of hydrogen-bond donors (Lipinski definition) is 2. The lowest BCUT2D eigenvalue weighted by Gasteiger charge is -2.48. The van der Waals surface area contributed by atoms with E-state index in [-0.39, 0.29) is 0 Å². The summed E-state index contributed by atoms with van der Waals surface area (Å²) in [5.41, 5.74) is 1.79. The maximum atomic E-state index is 3.51. The molecule has 1 atom stereocenters. The molecule has 1 aromatic carbocycles. The van der Waals surface area contributed by atoms with Crippen LogP contribution in [-0.2, 0) is 0 Å². The van der Waals surface area contributed by atoms with E-state index < -0.39 is 0 Å². The highest BCUT2D eigenvalue weighted by Gasteiger charge is 2.43. The molecule has 17 heavy (non-hydrogen) atoms. The molecule has 0 saturated heterocycles. The van der Waals surface area contributed by atoms with Gasteiger partial charge in [-0.15, -0.1) is 0 Å². The summed E-state index contributed by atoms with van der Waals surface area (Å²) in [6.45, 7) is 1.09. The Bertz CT molecular complexity index is 357. The molecule has 1 unspecified atom stereocenters. The lowest BCUT2D eigenvalue weighted by Crippen LogP contribution is -2.47. The van der Waals surface area contributed by atoms with Crippen molar-refractivity contribution in [3.8, 4) is 0 Å². The molecule has 2 N–H and O–H groups in total. The molecule has 2 rings (SSSR count). The van der Waals surface area contributed by atoms with Crippen LogP contribution in [0, 0.1) is 5.41 Å². The third-order valence-corrected chi connectivity index (χ3v) is 4.51. The van der Waals surface area contributed by atoms with Crippen LogP contribution in [0.5, 0.6) is 0 Å². The summed E-state index contributed by atoms with van der Waals surface area (Å²) in [7, 11) is 4.12. The fraction of sp³-hybridized carbons (Fsp3) is 0.571. The molecule has 94 valence electrons. The first-order valence-electron chi connectivity index (χ1n) is 6.29. The summed E-state index contributed by atoms with van der Waals surface area (Å²) in [6.07, 6.45) is 3.99. The number of nitrogens with one attached hydrogen (secondary N) is 2. The van der Waals surface area contributed by atoms with Gasteiger partial charge in [0.25, 0.3) is 0 Å². The van der Waals surface area contributed by atoms with Crippen LogP contribution in [0.15, 0.2) is 28.7 Å². The average molecular weight is 297 g/mol. The molecular formula is C14H21BrN2. The Morgan fingerprint density at radius 2 is 1.88 bits per heavy atom. The van der Waals surface area contributed by atoms with Crippen LogP contribution in [0.1, 0.15) is 30.9 Å². The molecule has 2 nitrogen and oxygen atoms in total. The molecule has 0 spiro atoms. The molecule has 1 aliphatic rings. The van der Waals surface area contributed by atoms with Crippen molar-refractivity contribution in [1.29, 1.82) is 0 Å². The standard InChI is InChI=1S/C14H21BrN2/c1-16-10-14(8-3-9-14)13(17-2)11-4-6-12(15)7-5-11/h4-7,13,16-17H,3,8-10H2,1-2H3. The van der Waals surface area contributed by atoms with Crippen molar-refractivity contribution in [2.45, 2.75) is 25.3 Å². The third-order valence-electron chi connectivity index (χ3n) is 3.98. The molecule has 1 aromatic rings. The van der Waals surface area contributed by atoms with Crippen LogP contribution in [-0.4, -0.2) is 20.6 Å². The SMILES string of the molecule is CNCC1(C(NC)c2ccc(Br)cc2)CCC1. The van der Waals surface area contributed by atoms with Gasteiger partial charge in [0.15, 0.2) is 0 Å². The maximum Gasteiger partial charge on any atom is 0.0386 e. The maximum absolute atomic E-state index is 3.51. The predicted molar refractivity (Wildman–Crippen MR) is 76.2 cm³/mol. The van der Waals surface area contributed by atoms with Crippen LogP contribution in [0.3, 0.4) is 0 Å². The summed E-state index contributed by atoms with van der Waals surface area (Å²) >= 11 is 3.50. The summed E-state index contributed by atoms with van der Waals surface area (Å²) in [5.74, 6) is 0. The summed E-state index contributed by atoms with van der Waals surface area (Å²) in [5, 5.41) is 6.87. The Kier molecular flexibility index (Phi) is 4.23. The lowest BCUT2D eigenvalue weighted by molar-refractivity contribution is 0.0789. The van der Waals surface area contributed by atoms with Crippen molar-refractivity contribution in [2.24, 2.45) is 5.41 Å². The first kappa shape index (κ1) is 13.1. The van der Waals surface area contributed by atoms with Gasteiger partial charge in [-0.2, -0.15) is 0 Å². The number of hydrogen-bond acceptors (Lipinski definition) is 2. The van der Waals surface area contributed by atoms with E-state index >= 15 is 0 Å². The normalized spacial score (nSPS) is 19.7. The predicted octanol–water partition coefficient (Wildman–Crippen LogP) is 3.10. The molecule has 1 saturated carbocycles. The van der Waals surface area contributed by atoms with Gasteiger partial charge in [0, 0.05) is 22.5 Å². The fourth-order valence-corrected chi connectivity index (χ4v) is 3.30. The van der Waals surface area contributed by atoms with E-state index in [1.54, 1.807) is 0 Å². The second-order valence-electron chi connectivity index (χ2n) is 5.02. The third kappa shape index (κ3) is 2.56. The first-order chi connectivity index (χ1) is 8.22. The fourth-order valence-electron chi connectivity index (χ4n) is 3.03. The minimum atomic E-state index is 0.400. The van der Waals surface area contributed by atoms with E-state index in [0.29, 0.717) is 11.5 Å². The first-order valence-corrected chi connectivity index (χ1v) is 7.08. The van der Waals surface area contributed by atoms with Crippen LogP contribution in [0.2, 0.25) is 0 Å². The van der Waals surface area contributed by atoms with Gasteiger partial charge in [0.2, 0.25) is 0 Å². The van der Waals surface area contributed by atoms with Crippen molar-refractivity contribution < 1.29 is 0 Å². The van der Waals surface area contributed by atoms with Crippen molar-refractivity contribution in [3.63, 3.8) is 0 Å². The number of rotatable bonds is 5. The Morgan fingerprint density at radius 3 is 2.29 bits per heavy atom. The van der Waals surface area contributed by atoms with Crippen LogP contribution >= 0.6 is 15.9 Å². The second kappa shape index (κ2) is 5.51. The average Bonchev–Trinajstić information content (AvgIpc) is 2.29. The van der Waals surface area contributed by atoms with Gasteiger partial charge < -0.3 is 10.6 Å². The van der Waals surface area contributed by atoms with Crippen molar-refractivity contribution in [2.75, 3.05) is 20.6 Å². The minimum absolute atomic E-state index is 0.400. The van der Waals surface area contributed by atoms with E-state index in [1.807, 2.05) is 7.05 Å². The summed E-state index contributed by atoms with van der Waals surface area (Å²) < 4.78 is 1.15. The number of benzene rings is 1. The highest BCUT2D eigenvalue weighted by atomic mass is 79.9. The lowest BCUT2D eigenvalue weighted by atomic mass is 9.62. The van der Waals surface area contributed by atoms with E-state index in [4.69, 9.17) is 0 Å². The van der Waals surface area contributed by atoms with Crippen molar-refractivity contribution in [3.05, 3.63) is 34.3 Å². The van der Waals surface area contributed by atoms with Crippen LogP contribution < -0.4 is 10.6 Å². The Labute approximate surface area is 112 Å². The summed E-state index contributed by atoms with van der Waals surface area (Å²) in [4.78, 5) is 0. The Morgan fingerprint density at radius 1 is 1.24 bits per heavy atom. The van der Waals surface area contributed by atoms with Gasteiger partial charge in [-0.25, -0.2) is 0 Å². The summed E-state index contributed by atoms with van der Waals surface area (Å²) in [6, 6.07) is 9.16. The molecule has 0 bridgehead atoms. The van der Waals surface area contributed by atoms with Crippen molar-refractivity contribution in [1.82, 2.24) is 10.6 Å². The highest BCUT2D eigenvalue weighted by molar-refractivity contribution is 9.10. The Balaban J connectivity index is 2.22. The zero-order chi connectivity index (χ0) is 12.3. The van der Waals surface area contributed by atoms with E-state index in [0.717, 1.165) is 11.0 Å². The van der Waals surface area contributed by atoms with E-state index in [2.05, 4.69) is 57.9 Å². The topological polar surface area (TPSA) is 24.1 Å². The molecule has 3 heteroatoms. The Hall–Kier alpha value is -0.380. The van der Waals surface area contributed by atoms with Crippen molar-refractivity contribution >= 4 is 15.9 Å². The smallest absolute Gasteiger partial charge is 0.0386 e. The monoisotopic (exact) mass is 296 g/mol. The molecule has 0 aromatic heterocycles. The molecule has 0 radical (unpaired) electrons. The van der Waals surface area contributed by atoms with Gasteiger partial charge in [-0.05, 0) is 44.6 Å². The van der Waals surface area contributed by atoms with Gasteiger partial charge in [0.1, 0.15) is 0 Å². The van der Waals surface area contributed by atoms with Gasteiger partial charge >= 0.3 is 0 Å². The molecule has 1 fully saturated rings. The quantitative estimate of drug-likeness (QED) is 0.872. The molecule has 0 heterocycles. The van der Waals surface area contributed by atoms with E-state index in [1.165, 1.54) is 24.8 Å². The zero-order valence-corrected chi connectivity index (χ0v) is 12.2. The molecular weight excluding hydrogens is 276 g/mol. The van der Waals surface area contributed by atoms with E-state index in [9.17, 15) is 0 Å². The minimum Gasteiger partial charge on any atom is -0.319 e. The van der Waals surface area contributed by atoms with Gasteiger partial charge in [0.05, 0.1) is 0 Å². The van der Waals surface area contributed by atoms with Crippen LogP contribution in [0.4, 0.5) is 0 Å². The largest absolute Gasteiger partial charge is 0.319 e. The highest BCUT2D eigenvalue weighted by Crippen LogP contribution is 2.49. The van der Waals surface area contributed by atoms with Gasteiger partial charge in [-0.3, -0.25) is 0 Å². The van der Waals surface area contributed by atoms with Gasteiger partial charge in [-0.1, -0.05) is 34.5 Å². The molecule has 1 aliphatic carbocycles. The van der Waals surface area contributed by atoms with Crippen LogP contribution in [0.25, 0.3) is 0 Å². The molecule has 0 aliphatic heterocycles. The number of halogens is 1.